The highest BCUT2D eigenvalue weighted by Crippen LogP contribution is 2.22. The van der Waals surface area contributed by atoms with Crippen LogP contribution in [0, 0.1) is 23.7 Å². The largest absolute Gasteiger partial charge is 0.444 e. The number of hydroxylamine groups is 4. The Bertz CT molecular complexity index is 3250. The third-order valence-electron chi connectivity index (χ3n) is 19.0. The zero-order valence-corrected chi connectivity index (χ0v) is 89.0. The number of carbonyl (C=O) groups is 19. The highest BCUT2D eigenvalue weighted by atomic mass is 32.1. The van der Waals surface area contributed by atoms with Crippen LogP contribution in [0.1, 0.15) is 337 Å². The van der Waals surface area contributed by atoms with Crippen molar-refractivity contribution in [2.24, 2.45) is 46.6 Å². The number of nitrogens with two attached hydrogens (primary N) is 4. The summed E-state index contributed by atoms with van der Waals surface area (Å²) >= 11 is 0. The van der Waals surface area contributed by atoms with Gasteiger partial charge in [-0.1, -0.05) is 80.1 Å². The van der Waals surface area contributed by atoms with Crippen LogP contribution in [0.25, 0.3) is 0 Å². The van der Waals surface area contributed by atoms with Gasteiger partial charge in [0.15, 0.2) is 11.6 Å². The Labute approximate surface area is 832 Å². The van der Waals surface area contributed by atoms with Gasteiger partial charge in [-0.3, -0.25) is 62.3 Å². The first-order valence-electron chi connectivity index (χ1n) is 45.3. The lowest BCUT2D eigenvalue weighted by Gasteiger charge is -2.25. The molecule has 2 aliphatic rings. The van der Waals surface area contributed by atoms with Gasteiger partial charge >= 0.3 is 36.3 Å². The van der Waals surface area contributed by atoms with Crippen molar-refractivity contribution in [3.05, 3.63) is 0 Å². The average molecular weight is 2020 g/mol. The number of Topliss-reactive ketones (excluding diaryl/α,β-unsaturated/α-hetero) is 3. The van der Waals surface area contributed by atoms with Gasteiger partial charge in [-0.25, -0.2) is 28.8 Å². The second-order valence-corrected chi connectivity index (χ2v) is 35.0. The predicted molar refractivity (Wildman–Crippen MR) is 538 cm³/mol. The van der Waals surface area contributed by atoms with Crippen LogP contribution in [0.2, 0.25) is 0 Å². The molecule has 133 heavy (non-hydrogen) atoms. The molecule has 0 radical (unpaired) electrons. The van der Waals surface area contributed by atoms with E-state index in [4.69, 9.17) is 51.6 Å². The topological polar surface area (TPSA) is 548 Å². The molecule has 2 saturated heterocycles. The average Bonchev–Trinajstić information content (AvgIpc) is 1.59. The van der Waals surface area contributed by atoms with Gasteiger partial charge < -0.3 is 87.5 Å². The van der Waals surface area contributed by atoms with E-state index in [0.29, 0.717) is 95.2 Å². The van der Waals surface area contributed by atoms with Crippen LogP contribution in [0.3, 0.4) is 0 Å². The number of unbranched alkanes of at least 4 members (excludes halogenated alkanes) is 6. The molecule has 0 bridgehead atoms. The van der Waals surface area contributed by atoms with Crippen molar-refractivity contribution in [2.75, 3.05) is 72.0 Å². The van der Waals surface area contributed by atoms with Crippen LogP contribution in [-0.2, 0) is 101 Å². The van der Waals surface area contributed by atoms with Crippen molar-refractivity contribution in [2.45, 2.75) is 359 Å². The molecule has 38 nitrogen and oxygen atoms in total. The minimum Gasteiger partial charge on any atom is -0.444 e. The fraction of sp³-hybridized carbons (Fsp3) is 0.787. The van der Waals surface area contributed by atoms with Crippen LogP contribution in [0.5, 0.6) is 0 Å². The van der Waals surface area contributed by atoms with Gasteiger partial charge in [-0.15, -0.1) is 10.1 Å². The monoisotopic (exact) mass is 2010 g/mol. The number of carbonyl (C=O) groups excluding carboxylic acids is 19. The quantitative estimate of drug-likeness (QED) is 0.0159. The lowest BCUT2D eigenvalue weighted by atomic mass is 9.90. The lowest BCUT2D eigenvalue weighted by Crippen LogP contribution is -2.44. The third kappa shape index (κ3) is 77.0. The predicted octanol–water partition coefficient (Wildman–Crippen LogP) is 11.1. The van der Waals surface area contributed by atoms with Gasteiger partial charge in [0.2, 0.25) is 35.4 Å². The van der Waals surface area contributed by atoms with Gasteiger partial charge in [-0.2, -0.15) is 81.0 Å². The molecule has 44 heteroatoms. The molecular weight excluding hydrogens is 1840 g/mol. The van der Waals surface area contributed by atoms with E-state index >= 15 is 0 Å². The molecule has 778 valence electrons. The van der Waals surface area contributed by atoms with Crippen LogP contribution < -0.4 is 44.2 Å². The minimum atomic E-state index is -1.23. The first-order chi connectivity index (χ1) is 59.3. The molecule has 0 aliphatic carbocycles. The molecule has 0 aromatic carbocycles. The zero-order valence-electron chi connectivity index (χ0n) is 83.0. The Morgan fingerprint density at radius 2 is 0.639 bits per heavy atom. The van der Waals surface area contributed by atoms with E-state index in [9.17, 15) is 91.1 Å². The van der Waals surface area contributed by atoms with Crippen LogP contribution in [-0.4, -0.2) is 232 Å². The molecule has 2 fully saturated rings. The van der Waals surface area contributed by atoms with Crippen molar-refractivity contribution in [3.8, 4) is 0 Å². The van der Waals surface area contributed by atoms with Crippen LogP contribution in [0.15, 0.2) is 0 Å². The smallest absolute Gasteiger partial charge is 0.407 e. The second-order valence-electron chi connectivity index (χ2n) is 35.0. The first-order valence-corrected chi connectivity index (χ1v) is 45.3. The Hall–Kier alpha value is -7.81. The van der Waals surface area contributed by atoms with E-state index in [2.05, 4.69) is 28.2 Å². The zero-order chi connectivity index (χ0) is 97.6. The summed E-state index contributed by atoms with van der Waals surface area (Å²) in [5.74, 6) is -7.81. The van der Waals surface area contributed by atoms with E-state index < -0.39 is 101 Å². The molecule has 3 atom stereocenters. The Morgan fingerprint density at radius 1 is 0.353 bits per heavy atom. The molecule has 2 rings (SSSR count). The molecule has 0 spiro atoms. The highest BCUT2D eigenvalue weighted by Gasteiger charge is 2.37. The van der Waals surface area contributed by atoms with Crippen LogP contribution in [0.4, 0.5) is 19.2 Å². The summed E-state index contributed by atoms with van der Waals surface area (Å²) in [6.07, 6.45) is 14.7. The number of hydrogen-bond donors (Lipinski definition) is 8. The molecule has 14 amide bonds. The second kappa shape index (κ2) is 80.3. The summed E-state index contributed by atoms with van der Waals surface area (Å²) in [5, 5.41) is 11.2. The van der Waals surface area contributed by atoms with E-state index in [1.807, 2.05) is 76.2 Å². The molecule has 0 unspecified atom stereocenters. The summed E-state index contributed by atoms with van der Waals surface area (Å²) in [7, 11) is 0. The van der Waals surface area contributed by atoms with Crippen molar-refractivity contribution in [3.63, 3.8) is 0 Å². The van der Waals surface area contributed by atoms with E-state index in [0.717, 1.165) is 89.9 Å². The number of primary amides is 3. The Balaban J connectivity index is -0.000000238. The number of amides is 14. The normalized spacial score (nSPS) is 12.5. The molecule has 2 heterocycles. The molecular formula is C89H171N13O25S6. The number of nitrogens with one attached hydrogen (secondary N) is 4. The molecule has 2 aliphatic heterocycles. The summed E-state index contributed by atoms with van der Waals surface area (Å²) in [6.45, 7) is 35.1. The number of hydrogen-bond acceptors (Lipinski definition) is 26. The Kier molecular flexibility index (Phi) is 86.4. The van der Waals surface area contributed by atoms with Gasteiger partial charge in [0, 0.05) is 128 Å². The number of imide groups is 2. The van der Waals surface area contributed by atoms with E-state index in [1.54, 1.807) is 41.5 Å². The van der Waals surface area contributed by atoms with Gasteiger partial charge in [0.25, 0.3) is 23.6 Å². The van der Waals surface area contributed by atoms with Gasteiger partial charge in [-0.05, 0) is 199 Å². The van der Waals surface area contributed by atoms with Crippen LogP contribution >= 0.6 is 81.0 Å². The number of nitrogens with zero attached hydrogens (tertiary/aromatic N) is 5. The number of ether oxygens (including phenoxy) is 4. The Morgan fingerprint density at radius 3 is 0.910 bits per heavy atom. The maximum atomic E-state index is 13.3. The SMILES string of the molecule is CC.CC(C)(C)OC(=O)NCCCN(CCCNC(=O)OC(C)(C)C)C(=O)CCCC(=O)N(CC(=O)ON1C(=O)CCC1=O)CC(=O)ON1C(=O)CCC1=O.CCCCC(=O)C(CCCNC(=O)OC(C)(C)C)CCCNC(=O)OC(C)(C)C.CC[C@@H](CCCCCC(=O)CN(CC(=O)CCCCC[C@H](CC)C(N)=O)C(C)=O)C(N)=O.CC[C@@H](CCCCN)C(N)=O.S.S.S.S.S.S. The van der Waals surface area contributed by atoms with Crippen molar-refractivity contribution < 1.29 is 120 Å². The maximum absolute atomic E-state index is 13.3. The highest BCUT2D eigenvalue weighted by molar-refractivity contribution is 7.60. The summed E-state index contributed by atoms with van der Waals surface area (Å²) in [5.41, 5.74) is 18.7. The number of alkyl carbamates (subject to hydrolysis) is 4. The van der Waals surface area contributed by atoms with Crippen molar-refractivity contribution in [1.29, 1.82) is 0 Å². The summed E-state index contributed by atoms with van der Waals surface area (Å²) in [4.78, 5) is 242. The number of rotatable bonds is 56. The van der Waals surface area contributed by atoms with E-state index in [1.165, 1.54) is 16.7 Å². The van der Waals surface area contributed by atoms with E-state index in [-0.39, 0.29) is 246 Å². The number of ketones is 3. The first kappa shape index (κ1) is 143. The summed E-state index contributed by atoms with van der Waals surface area (Å²) in [6, 6.07) is 0. The van der Waals surface area contributed by atoms with Gasteiger partial charge in [0.05, 0.1) is 13.1 Å². The fourth-order valence-electron chi connectivity index (χ4n) is 12.3. The third-order valence-corrected chi connectivity index (χ3v) is 19.0. The maximum Gasteiger partial charge on any atom is 0.407 e. The molecule has 0 saturated carbocycles. The standard InChI is InChI=1S/C33H50N6O14.C24H43N3O5.C22H42N2O5.C8H18N2O.C2H6.6H2S/c1-32(2,3)50-30(48)34-16-8-18-36(19-9-17-35-31(49)51-33(4,5)6)22(40)10-7-11-23(41)37(20-28(46)52-38-24(42)12-13-25(38)43)21-29(47)53-39-26(44)14-15-27(39)45;1-4-19(23(25)31)12-8-6-10-14-21(29)16-27(18(3)28)17-22(30)15-11-7-9-13-20(5-2)24(26)32;1-8-9-14-18(25)17(12-10-15-23-19(26)28-21(2,3)4)13-11-16-24-20(27)29-22(5,6)7;1-2-7(8(10)11)5-3-4-6-9;1-2;;;;;;/h7-21H2,1-6H3,(H,34,48)(H,35,49);19-20H,4-17H2,1-3H3,(H2,25,31)(H2,26,32);17H,8-16H2,1-7H3,(H,23,26)(H,24,27);7H,2-6,9H2,1H3,(H2,10,11);1-2H3;6*1H2/t;19-,20-;;7-;;;;;;;/m.0.0......./s1. The lowest BCUT2D eigenvalue weighted by molar-refractivity contribution is -0.201. The molecule has 0 aromatic heterocycles. The molecule has 12 N–H and O–H groups in total. The molecule has 0 aromatic rings. The minimum absolute atomic E-state index is 0. The van der Waals surface area contributed by atoms with Crippen molar-refractivity contribution >= 4 is 194 Å². The van der Waals surface area contributed by atoms with Crippen molar-refractivity contribution in [1.82, 2.24) is 46.1 Å². The summed E-state index contributed by atoms with van der Waals surface area (Å²) < 4.78 is 20.9. The fourth-order valence-corrected chi connectivity index (χ4v) is 12.3. The van der Waals surface area contributed by atoms with Gasteiger partial charge in [0.1, 0.15) is 41.3 Å².